The van der Waals surface area contributed by atoms with Gasteiger partial charge in [-0.15, -0.1) is 0 Å². The summed E-state index contributed by atoms with van der Waals surface area (Å²) in [7, 11) is 3.04. The van der Waals surface area contributed by atoms with E-state index >= 15 is 0 Å². The third-order valence-corrected chi connectivity index (χ3v) is 4.66. The minimum Gasteiger partial charge on any atom is -0.493 e. The van der Waals surface area contributed by atoms with Gasteiger partial charge in [0.05, 0.1) is 27.4 Å². The third-order valence-electron chi connectivity index (χ3n) is 4.66. The predicted molar refractivity (Wildman–Crippen MR) is 128 cm³/mol. The molecule has 9 heteroatoms. The maximum atomic E-state index is 12.7. The first-order valence-corrected chi connectivity index (χ1v) is 10.7. The van der Waals surface area contributed by atoms with Crippen molar-refractivity contribution in [2.24, 2.45) is 0 Å². The molecule has 1 aromatic heterocycles. The molecular weight excluding hydrogens is 438 g/mol. The van der Waals surface area contributed by atoms with E-state index in [1.54, 1.807) is 42.5 Å². The number of ether oxygens (including phenoxy) is 4. The Kier molecular flexibility index (Phi) is 8.28. The van der Waals surface area contributed by atoms with Crippen molar-refractivity contribution in [1.82, 2.24) is 4.98 Å². The number of aromatic nitrogens is 1. The zero-order valence-corrected chi connectivity index (χ0v) is 19.5. The number of nitrogens with one attached hydrogen (secondary N) is 2. The van der Waals surface area contributed by atoms with Crippen molar-refractivity contribution < 1.29 is 28.5 Å². The zero-order valence-electron chi connectivity index (χ0n) is 19.5. The number of anilines is 2. The van der Waals surface area contributed by atoms with E-state index in [1.165, 1.54) is 26.4 Å². The van der Waals surface area contributed by atoms with E-state index in [9.17, 15) is 9.59 Å². The van der Waals surface area contributed by atoms with Crippen molar-refractivity contribution in [3.05, 3.63) is 66.0 Å². The van der Waals surface area contributed by atoms with Crippen molar-refractivity contribution in [1.29, 1.82) is 0 Å². The summed E-state index contributed by atoms with van der Waals surface area (Å²) in [4.78, 5) is 29.7. The second-order valence-electron chi connectivity index (χ2n) is 6.91. The quantitative estimate of drug-likeness (QED) is 0.457. The topological polar surface area (TPSA) is 108 Å². The molecule has 2 aromatic carbocycles. The first-order chi connectivity index (χ1) is 16.5. The Morgan fingerprint density at radius 3 is 1.53 bits per heavy atom. The summed E-state index contributed by atoms with van der Waals surface area (Å²) in [5, 5.41) is 5.50. The molecule has 0 atom stereocenters. The molecular formula is C25H27N3O6. The maximum Gasteiger partial charge on any atom is 0.274 e. The molecule has 0 fully saturated rings. The fraction of sp³-hybridized carbons (Fsp3) is 0.240. The summed E-state index contributed by atoms with van der Waals surface area (Å²) >= 11 is 0. The van der Waals surface area contributed by atoms with Crippen LogP contribution in [-0.4, -0.2) is 44.2 Å². The molecule has 0 saturated heterocycles. The van der Waals surface area contributed by atoms with Crippen LogP contribution >= 0.6 is 0 Å². The Bertz CT molecular complexity index is 1080. The lowest BCUT2D eigenvalue weighted by Gasteiger charge is -2.12. The first-order valence-electron chi connectivity index (χ1n) is 10.7. The Hall–Kier alpha value is -4.27. The SMILES string of the molecule is CCOc1ccc(NC(=O)c2cccc(C(=O)Nc3ccc(OCC)c(OC)c3)n2)cc1OC. The van der Waals surface area contributed by atoms with Gasteiger partial charge in [-0.05, 0) is 50.2 Å². The number of carbonyl (C=O) groups is 2. The van der Waals surface area contributed by atoms with Crippen molar-refractivity contribution >= 4 is 23.2 Å². The van der Waals surface area contributed by atoms with Gasteiger partial charge in [-0.2, -0.15) is 0 Å². The standard InChI is InChI=1S/C25H27N3O6/c1-5-33-20-12-10-16(14-22(20)31-3)26-24(29)18-8-7-9-19(28-18)25(30)27-17-11-13-21(34-6-2)23(15-17)32-4/h7-15H,5-6H2,1-4H3,(H,26,29)(H,27,30). The number of hydrogen-bond donors (Lipinski definition) is 2. The molecule has 34 heavy (non-hydrogen) atoms. The zero-order chi connectivity index (χ0) is 24.5. The van der Waals surface area contributed by atoms with E-state index in [0.717, 1.165) is 0 Å². The van der Waals surface area contributed by atoms with Gasteiger partial charge in [0.25, 0.3) is 11.8 Å². The molecule has 0 spiro atoms. The largest absolute Gasteiger partial charge is 0.493 e. The normalized spacial score (nSPS) is 10.2. The summed E-state index contributed by atoms with van der Waals surface area (Å²) < 4.78 is 21.6. The van der Waals surface area contributed by atoms with Gasteiger partial charge < -0.3 is 29.6 Å². The van der Waals surface area contributed by atoms with Crippen LogP contribution in [0.5, 0.6) is 23.0 Å². The highest BCUT2D eigenvalue weighted by molar-refractivity contribution is 6.06. The number of methoxy groups -OCH3 is 2. The Balaban J connectivity index is 1.73. The Labute approximate surface area is 198 Å². The molecule has 0 unspecified atom stereocenters. The summed E-state index contributed by atoms with van der Waals surface area (Å²) in [5.41, 5.74) is 1.18. The van der Waals surface area contributed by atoms with Crippen LogP contribution in [0.4, 0.5) is 11.4 Å². The molecule has 0 radical (unpaired) electrons. The second-order valence-corrected chi connectivity index (χ2v) is 6.91. The van der Waals surface area contributed by atoms with Crippen LogP contribution < -0.4 is 29.6 Å². The highest BCUT2D eigenvalue weighted by atomic mass is 16.5. The van der Waals surface area contributed by atoms with Crippen molar-refractivity contribution in [3.63, 3.8) is 0 Å². The first kappa shape index (κ1) is 24.4. The lowest BCUT2D eigenvalue weighted by atomic mass is 10.2. The van der Waals surface area contributed by atoms with Crippen molar-refractivity contribution in [2.75, 3.05) is 38.1 Å². The van der Waals surface area contributed by atoms with Crippen LogP contribution in [0.15, 0.2) is 54.6 Å². The molecule has 0 bridgehead atoms. The minimum absolute atomic E-state index is 0.0878. The molecule has 3 rings (SSSR count). The fourth-order valence-corrected chi connectivity index (χ4v) is 3.12. The summed E-state index contributed by atoms with van der Waals surface area (Å²) in [6.45, 7) is 4.72. The molecule has 0 aliphatic rings. The fourth-order valence-electron chi connectivity index (χ4n) is 3.12. The van der Waals surface area contributed by atoms with Gasteiger partial charge in [0.15, 0.2) is 23.0 Å². The molecule has 178 valence electrons. The minimum atomic E-state index is -0.469. The number of nitrogens with zero attached hydrogens (tertiary/aromatic N) is 1. The van der Waals surface area contributed by atoms with Gasteiger partial charge in [-0.3, -0.25) is 9.59 Å². The van der Waals surface area contributed by atoms with Crippen LogP contribution in [0.2, 0.25) is 0 Å². The highest BCUT2D eigenvalue weighted by Crippen LogP contribution is 2.31. The molecule has 0 aliphatic carbocycles. The monoisotopic (exact) mass is 465 g/mol. The molecule has 9 nitrogen and oxygen atoms in total. The van der Waals surface area contributed by atoms with Gasteiger partial charge in [0, 0.05) is 23.5 Å². The van der Waals surface area contributed by atoms with Gasteiger partial charge in [-0.1, -0.05) is 6.07 Å². The molecule has 0 aliphatic heterocycles. The second kappa shape index (κ2) is 11.6. The van der Waals surface area contributed by atoms with Gasteiger partial charge >= 0.3 is 0 Å². The predicted octanol–water partition coefficient (Wildman–Crippen LogP) is 4.40. The van der Waals surface area contributed by atoms with Crippen LogP contribution in [0, 0.1) is 0 Å². The van der Waals surface area contributed by atoms with E-state index in [-0.39, 0.29) is 11.4 Å². The number of amides is 2. The van der Waals surface area contributed by atoms with Gasteiger partial charge in [0.1, 0.15) is 11.4 Å². The van der Waals surface area contributed by atoms with E-state index < -0.39 is 11.8 Å². The van der Waals surface area contributed by atoms with Crippen LogP contribution in [0.1, 0.15) is 34.8 Å². The summed E-state index contributed by atoms with van der Waals surface area (Å²) in [6.07, 6.45) is 0. The number of pyridine rings is 1. The van der Waals surface area contributed by atoms with E-state index in [2.05, 4.69) is 15.6 Å². The number of benzene rings is 2. The number of carbonyl (C=O) groups excluding carboxylic acids is 2. The smallest absolute Gasteiger partial charge is 0.274 e. The Morgan fingerprint density at radius 1 is 0.706 bits per heavy atom. The van der Waals surface area contributed by atoms with E-state index in [0.29, 0.717) is 47.6 Å². The third kappa shape index (κ3) is 5.94. The molecule has 1 heterocycles. The lowest BCUT2D eigenvalue weighted by Crippen LogP contribution is -2.18. The molecule has 2 amide bonds. The van der Waals surface area contributed by atoms with Crippen LogP contribution in [-0.2, 0) is 0 Å². The molecule has 0 saturated carbocycles. The van der Waals surface area contributed by atoms with Gasteiger partial charge in [0.2, 0.25) is 0 Å². The highest BCUT2D eigenvalue weighted by Gasteiger charge is 2.15. The number of hydrogen-bond acceptors (Lipinski definition) is 7. The van der Waals surface area contributed by atoms with Crippen molar-refractivity contribution in [3.8, 4) is 23.0 Å². The average Bonchev–Trinajstić information content (AvgIpc) is 2.86. The van der Waals surface area contributed by atoms with Crippen molar-refractivity contribution in [2.45, 2.75) is 13.8 Å². The number of rotatable bonds is 10. The average molecular weight is 466 g/mol. The van der Waals surface area contributed by atoms with Crippen LogP contribution in [0.25, 0.3) is 0 Å². The summed E-state index contributed by atoms with van der Waals surface area (Å²) in [6, 6.07) is 14.8. The van der Waals surface area contributed by atoms with Crippen LogP contribution in [0.3, 0.4) is 0 Å². The molecule has 3 aromatic rings. The lowest BCUT2D eigenvalue weighted by molar-refractivity contribution is 0.101. The Morgan fingerprint density at radius 2 is 1.15 bits per heavy atom. The maximum absolute atomic E-state index is 12.7. The van der Waals surface area contributed by atoms with E-state index in [1.807, 2.05) is 13.8 Å². The van der Waals surface area contributed by atoms with Gasteiger partial charge in [-0.25, -0.2) is 4.98 Å². The molecule has 2 N–H and O–H groups in total. The van der Waals surface area contributed by atoms with E-state index in [4.69, 9.17) is 18.9 Å². The summed E-state index contributed by atoms with van der Waals surface area (Å²) in [5.74, 6) is 1.20.